The minimum absolute atomic E-state index is 0.297. The molecule has 20 heavy (non-hydrogen) atoms. The van der Waals surface area contributed by atoms with Crippen molar-refractivity contribution in [1.29, 1.82) is 0 Å². The Labute approximate surface area is 124 Å². The molecule has 106 valence electrons. The molecule has 0 aromatic heterocycles. The third-order valence-electron chi connectivity index (χ3n) is 3.37. The van der Waals surface area contributed by atoms with Crippen molar-refractivity contribution in [3.8, 4) is 11.5 Å². The van der Waals surface area contributed by atoms with Gasteiger partial charge in [-0.15, -0.1) is 0 Å². The van der Waals surface area contributed by atoms with Crippen LogP contribution in [0.15, 0.2) is 36.4 Å². The normalized spacial score (nSPS) is 12.1. The summed E-state index contributed by atoms with van der Waals surface area (Å²) in [6, 6.07) is 11.4. The zero-order valence-electron chi connectivity index (χ0n) is 11.8. The van der Waals surface area contributed by atoms with Gasteiger partial charge in [0.05, 0.1) is 20.3 Å². The number of benzene rings is 2. The van der Waals surface area contributed by atoms with Gasteiger partial charge in [-0.3, -0.25) is 0 Å². The second-order valence-electron chi connectivity index (χ2n) is 4.54. The van der Waals surface area contributed by atoms with Gasteiger partial charge in [-0.1, -0.05) is 35.9 Å². The molecular formula is C16H18ClNO2. The van der Waals surface area contributed by atoms with Crippen molar-refractivity contribution in [2.75, 3.05) is 14.2 Å². The summed E-state index contributed by atoms with van der Waals surface area (Å²) in [6.07, 6.45) is 0. The van der Waals surface area contributed by atoms with Crippen LogP contribution in [0.4, 0.5) is 0 Å². The maximum atomic E-state index is 6.37. The molecule has 0 aliphatic rings. The average Bonchev–Trinajstić information content (AvgIpc) is 2.46. The lowest BCUT2D eigenvalue weighted by atomic mass is 9.95. The van der Waals surface area contributed by atoms with Crippen molar-refractivity contribution < 1.29 is 9.47 Å². The number of methoxy groups -OCH3 is 2. The Kier molecular flexibility index (Phi) is 4.53. The number of hydrogen-bond donors (Lipinski definition) is 1. The molecule has 4 heteroatoms. The topological polar surface area (TPSA) is 44.5 Å². The summed E-state index contributed by atoms with van der Waals surface area (Å²) in [6.45, 7) is 2.03. The highest BCUT2D eigenvalue weighted by atomic mass is 35.5. The molecule has 0 amide bonds. The first-order chi connectivity index (χ1) is 9.60. The molecule has 0 heterocycles. The Morgan fingerprint density at radius 3 is 2.30 bits per heavy atom. The number of ether oxygens (including phenoxy) is 2. The number of aryl methyl sites for hydroxylation is 1. The SMILES string of the molecule is COc1ccc(C(N)c2ccccc2C)c(OC)c1Cl. The van der Waals surface area contributed by atoms with Crippen LogP contribution in [-0.4, -0.2) is 14.2 Å². The predicted octanol–water partition coefficient (Wildman–Crippen LogP) is 3.71. The maximum Gasteiger partial charge on any atom is 0.146 e. The van der Waals surface area contributed by atoms with Gasteiger partial charge in [-0.05, 0) is 30.2 Å². The number of hydrogen-bond acceptors (Lipinski definition) is 3. The largest absolute Gasteiger partial charge is 0.495 e. The van der Waals surface area contributed by atoms with E-state index in [0.29, 0.717) is 16.5 Å². The van der Waals surface area contributed by atoms with E-state index >= 15 is 0 Å². The van der Waals surface area contributed by atoms with E-state index in [1.807, 2.05) is 37.3 Å². The van der Waals surface area contributed by atoms with Crippen LogP contribution >= 0.6 is 11.6 Å². The average molecular weight is 292 g/mol. The van der Waals surface area contributed by atoms with Gasteiger partial charge >= 0.3 is 0 Å². The summed E-state index contributed by atoms with van der Waals surface area (Å²) in [4.78, 5) is 0. The fourth-order valence-corrected chi connectivity index (χ4v) is 2.59. The summed E-state index contributed by atoms with van der Waals surface area (Å²) in [5, 5.41) is 0.441. The van der Waals surface area contributed by atoms with E-state index < -0.39 is 0 Å². The van der Waals surface area contributed by atoms with Crippen molar-refractivity contribution >= 4 is 11.6 Å². The monoisotopic (exact) mass is 291 g/mol. The quantitative estimate of drug-likeness (QED) is 0.934. The highest BCUT2D eigenvalue weighted by molar-refractivity contribution is 6.33. The molecule has 1 atom stereocenters. The molecule has 2 rings (SSSR count). The minimum atomic E-state index is -0.297. The van der Waals surface area contributed by atoms with Gasteiger partial charge in [0.15, 0.2) is 0 Å². The standard InChI is InChI=1S/C16H18ClNO2/c1-10-6-4-5-7-11(10)15(18)12-8-9-13(19-2)14(17)16(12)20-3/h4-9,15H,18H2,1-3H3. The summed E-state index contributed by atoms with van der Waals surface area (Å²) in [5.74, 6) is 1.13. The van der Waals surface area contributed by atoms with Crippen LogP contribution < -0.4 is 15.2 Å². The summed E-state index contributed by atoms with van der Waals surface area (Å²) < 4.78 is 10.6. The second-order valence-corrected chi connectivity index (χ2v) is 4.92. The van der Waals surface area contributed by atoms with Gasteiger partial charge < -0.3 is 15.2 Å². The molecule has 0 saturated heterocycles. The minimum Gasteiger partial charge on any atom is -0.495 e. The number of rotatable bonds is 4. The zero-order chi connectivity index (χ0) is 14.7. The Morgan fingerprint density at radius 2 is 1.70 bits per heavy atom. The van der Waals surface area contributed by atoms with Gasteiger partial charge in [0.2, 0.25) is 0 Å². The molecule has 0 radical (unpaired) electrons. The zero-order valence-corrected chi connectivity index (χ0v) is 12.6. The van der Waals surface area contributed by atoms with E-state index in [4.69, 9.17) is 26.8 Å². The van der Waals surface area contributed by atoms with E-state index in [2.05, 4.69) is 0 Å². The molecule has 3 nitrogen and oxygen atoms in total. The van der Waals surface area contributed by atoms with E-state index in [0.717, 1.165) is 16.7 Å². The van der Waals surface area contributed by atoms with Gasteiger partial charge in [-0.25, -0.2) is 0 Å². The van der Waals surface area contributed by atoms with E-state index in [-0.39, 0.29) is 6.04 Å². The van der Waals surface area contributed by atoms with Crippen molar-refractivity contribution in [3.63, 3.8) is 0 Å². The summed E-state index contributed by atoms with van der Waals surface area (Å²) in [5.41, 5.74) is 9.40. The Hall–Kier alpha value is -1.71. The van der Waals surface area contributed by atoms with Crippen molar-refractivity contribution in [2.24, 2.45) is 5.73 Å². The molecule has 0 spiro atoms. The fraction of sp³-hybridized carbons (Fsp3) is 0.250. The first-order valence-electron chi connectivity index (χ1n) is 6.31. The molecule has 2 N–H and O–H groups in total. The maximum absolute atomic E-state index is 6.37. The molecular weight excluding hydrogens is 274 g/mol. The highest BCUT2D eigenvalue weighted by Crippen LogP contribution is 2.40. The molecule has 0 bridgehead atoms. The lowest BCUT2D eigenvalue weighted by molar-refractivity contribution is 0.390. The molecule has 0 fully saturated rings. The van der Waals surface area contributed by atoms with Crippen molar-refractivity contribution in [2.45, 2.75) is 13.0 Å². The summed E-state index contributed by atoms with van der Waals surface area (Å²) in [7, 11) is 3.15. The molecule has 2 aromatic rings. The first-order valence-corrected chi connectivity index (χ1v) is 6.69. The second kappa shape index (κ2) is 6.16. The van der Waals surface area contributed by atoms with E-state index in [1.165, 1.54) is 0 Å². The van der Waals surface area contributed by atoms with Crippen LogP contribution in [0.5, 0.6) is 11.5 Å². The van der Waals surface area contributed by atoms with E-state index in [9.17, 15) is 0 Å². The Balaban J connectivity index is 2.53. The Morgan fingerprint density at radius 1 is 1.00 bits per heavy atom. The smallest absolute Gasteiger partial charge is 0.146 e. The van der Waals surface area contributed by atoms with E-state index in [1.54, 1.807) is 20.3 Å². The van der Waals surface area contributed by atoms with Gasteiger partial charge in [0.25, 0.3) is 0 Å². The van der Waals surface area contributed by atoms with Crippen LogP contribution in [0.3, 0.4) is 0 Å². The lowest BCUT2D eigenvalue weighted by Gasteiger charge is -2.19. The lowest BCUT2D eigenvalue weighted by Crippen LogP contribution is -2.14. The third kappa shape index (κ3) is 2.60. The number of nitrogens with two attached hydrogens (primary N) is 1. The molecule has 0 aliphatic heterocycles. The molecule has 2 aromatic carbocycles. The van der Waals surface area contributed by atoms with Crippen molar-refractivity contribution in [1.82, 2.24) is 0 Å². The molecule has 0 saturated carbocycles. The van der Waals surface area contributed by atoms with Crippen LogP contribution in [0.2, 0.25) is 5.02 Å². The third-order valence-corrected chi connectivity index (χ3v) is 3.73. The van der Waals surface area contributed by atoms with Gasteiger partial charge in [0, 0.05) is 5.56 Å². The van der Waals surface area contributed by atoms with Crippen LogP contribution in [-0.2, 0) is 0 Å². The van der Waals surface area contributed by atoms with Crippen LogP contribution in [0, 0.1) is 6.92 Å². The fourth-order valence-electron chi connectivity index (χ4n) is 2.27. The number of halogens is 1. The highest BCUT2D eigenvalue weighted by Gasteiger charge is 2.20. The molecule has 0 aliphatic carbocycles. The summed E-state index contributed by atoms with van der Waals surface area (Å²) >= 11 is 6.28. The first kappa shape index (κ1) is 14.7. The van der Waals surface area contributed by atoms with Gasteiger partial charge in [0.1, 0.15) is 16.5 Å². The van der Waals surface area contributed by atoms with Crippen LogP contribution in [0.25, 0.3) is 0 Å². The van der Waals surface area contributed by atoms with Crippen LogP contribution in [0.1, 0.15) is 22.7 Å². The Bertz CT molecular complexity index is 613. The predicted molar refractivity (Wildman–Crippen MR) is 81.8 cm³/mol. The molecule has 1 unspecified atom stereocenters. The van der Waals surface area contributed by atoms with Crippen molar-refractivity contribution in [3.05, 3.63) is 58.1 Å². The van der Waals surface area contributed by atoms with Gasteiger partial charge in [-0.2, -0.15) is 0 Å².